The van der Waals surface area contributed by atoms with Gasteiger partial charge in [-0.2, -0.15) is 39.5 Å². The normalized spacial score (nSPS) is 16.2. The van der Waals surface area contributed by atoms with Crippen molar-refractivity contribution in [1.29, 1.82) is 0 Å². The van der Waals surface area contributed by atoms with Crippen molar-refractivity contribution >= 4 is 61.1 Å². The Morgan fingerprint density at radius 1 is 1.02 bits per heavy atom. The second-order valence-corrected chi connectivity index (χ2v) is 11.4. The summed E-state index contributed by atoms with van der Waals surface area (Å²) in [5.74, 6) is -7.00. The zero-order valence-corrected chi connectivity index (χ0v) is 24.8. The van der Waals surface area contributed by atoms with Gasteiger partial charge in [0, 0.05) is 17.1 Å². The fraction of sp³-hybridized carbons (Fsp3) is 0.360. The largest absolute Gasteiger partial charge is 0.417 e. The van der Waals surface area contributed by atoms with Gasteiger partial charge in [0.15, 0.2) is 0 Å². The molecule has 1 atom stereocenters. The maximum atomic E-state index is 15.1. The van der Waals surface area contributed by atoms with Gasteiger partial charge in [-0.3, -0.25) is 9.59 Å². The number of rotatable bonds is 7. The van der Waals surface area contributed by atoms with Crippen molar-refractivity contribution in [2.24, 2.45) is 0 Å². The van der Waals surface area contributed by atoms with Crippen LogP contribution in [0.1, 0.15) is 45.8 Å². The van der Waals surface area contributed by atoms with E-state index >= 15 is 4.39 Å². The standard InChI is InChI=1S/C25H17Br2ClF10N2O2/c1-40(10-23(30,31)32)21(42)22(6-7-22)39-20(41)13-3-2-11(8-14(13)24(33,34)35)17(29)9-15(25(36,37)38)12-4-5-16(28)19(27)18(12)26/h2-5,8-9,15H,6-7,10H2,1H3,(H,39,41). The second kappa shape index (κ2) is 12.0. The Hall–Kier alpha value is -2.33. The van der Waals surface area contributed by atoms with Gasteiger partial charge in [-0.25, -0.2) is 4.39 Å². The Balaban J connectivity index is 1.98. The predicted molar refractivity (Wildman–Crippen MR) is 139 cm³/mol. The van der Waals surface area contributed by atoms with E-state index in [1.807, 2.05) is 5.32 Å². The van der Waals surface area contributed by atoms with E-state index in [1.165, 1.54) is 0 Å². The summed E-state index contributed by atoms with van der Waals surface area (Å²) in [6.45, 7) is -1.67. The number of nitrogens with zero attached hydrogens (tertiary/aromatic N) is 1. The molecule has 17 heteroatoms. The molecule has 0 radical (unpaired) electrons. The number of benzene rings is 2. The van der Waals surface area contributed by atoms with E-state index in [2.05, 4.69) is 31.9 Å². The van der Waals surface area contributed by atoms with Crippen LogP contribution >= 0.6 is 43.5 Å². The van der Waals surface area contributed by atoms with Crippen LogP contribution in [-0.4, -0.2) is 48.2 Å². The van der Waals surface area contributed by atoms with Crippen LogP contribution in [0, 0.1) is 0 Å². The minimum Gasteiger partial charge on any atom is -0.338 e. The summed E-state index contributed by atoms with van der Waals surface area (Å²) in [6.07, 6.45) is -15.4. The number of allylic oxidation sites excluding steroid dienone is 1. The highest BCUT2D eigenvalue weighted by Gasteiger charge is 2.54. The van der Waals surface area contributed by atoms with Crippen LogP contribution in [0.4, 0.5) is 43.9 Å². The monoisotopic (exact) mass is 760 g/mol. The molecule has 2 amide bonds. The van der Waals surface area contributed by atoms with Crippen LogP contribution in [0.3, 0.4) is 0 Å². The Bertz CT molecular complexity index is 1420. The first kappa shape index (κ1) is 34.2. The molecule has 4 nitrogen and oxygen atoms in total. The highest BCUT2D eigenvalue weighted by Crippen LogP contribution is 2.45. The molecule has 230 valence electrons. The number of likely N-dealkylation sites (N-methyl/N-ethyl adjacent to an activating group) is 1. The molecule has 0 spiro atoms. The Morgan fingerprint density at radius 3 is 2.12 bits per heavy atom. The zero-order chi connectivity index (χ0) is 32.0. The molecular weight excluding hydrogens is 746 g/mol. The number of carbonyl (C=O) groups is 2. The Labute approximate surface area is 253 Å². The van der Waals surface area contributed by atoms with E-state index in [0.717, 1.165) is 19.2 Å². The maximum absolute atomic E-state index is 15.1. The van der Waals surface area contributed by atoms with Gasteiger partial charge >= 0.3 is 18.5 Å². The van der Waals surface area contributed by atoms with Crippen molar-refractivity contribution in [3.8, 4) is 0 Å². The van der Waals surface area contributed by atoms with Crippen molar-refractivity contribution in [2.45, 2.75) is 42.8 Å². The molecule has 2 aromatic rings. The minimum atomic E-state index is -5.32. The van der Waals surface area contributed by atoms with Gasteiger partial charge in [0.05, 0.1) is 20.6 Å². The third-order valence-corrected chi connectivity index (χ3v) is 8.94. The fourth-order valence-electron chi connectivity index (χ4n) is 4.02. The third kappa shape index (κ3) is 7.78. The molecule has 1 fully saturated rings. The molecule has 0 bridgehead atoms. The van der Waals surface area contributed by atoms with E-state index in [0.29, 0.717) is 12.1 Å². The Kier molecular flexibility index (Phi) is 9.75. The van der Waals surface area contributed by atoms with Gasteiger partial charge in [-0.05, 0) is 74.5 Å². The summed E-state index contributed by atoms with van der Waals surface area (Å²) in [5, 5.41) is 2.05. The molecule has 1 saturated carbocycles. The van der Waals surface area contributed by atoms with Crippen LogP contribution in [-0.2, 0) is 11.0 Å². The first-order valence-corrected chi connectivity index (χ1v) is 13.5. The molecule has 0 aliphatic heterocycles. The van der Waals surface area contributed by atoms with Gasteiger partial charge in [-0.1, -0.05) is 23.7 Å². The van der Waals surface area contributed by atoms with Gasteiger partial charge in [0.1, 0.15) is 23.8 Å². The molecular formula is C25H17Br2ClF10N2O2. The molecule has 1 N–H and O–H groups in total. The van der Waals surface area contributed by atoms with Crippen molar-refractivity contribution < 1.29 is 53.5 Å². The lowest BCUT2D eigenvalue weighted by Gasteiger charge is -2.25. The van der Waals surface area contributed by atoms with E-state index in [1.54, 1.807) is 0 Å². The Morgan fingerprint density at radius 2 is 1.62 bits per heavy atom. The zero-order valence-electron chi connectivity index (χ0n) is 20.8. The first-order valence-electron chi connectivity index (χ1n) is 11.5. The number of hydrogen-bond donors (Lipinski definition) is 1. The van der Waals surface area contributed by atoms with Crippen molar-refractivity contribution in [3.63, 3.8) is 0 Å². The third-order valence-electron chi connectivity index (χ3n) is 6.19. The molecule has 0 aromatic heterocycles. The number of halogens is 13. The lowest BCUT2D eigenvalue weighted by molar-refractivity contribution is -0.160. The van der Waals surface area contributed by atoms with Gasteiger partial charge < -0.3 is 10.2 Å². The summed E-state index contributed by atoms with van der Waals surface area (Å²) < 4.78 is 136. The average Bonchev–Trinajstić information content (AvgIpc) is 3.63. The summed E-state index contributed by atoms with van der Waals surface area (Å²) in [4.78, 5) is 25.5. The first-order chi connectivity index (χ1) is 19.1. The van der Waals surface area contributed by atoms with Crippen molar-refractivity contribution in [1.82, 2.24) is 10.2 Å². The molecule has 3 rings (SSSR count). The lowest BCUT2D eigenvalue weighted by Crippen LogP contribution is -2.51. The van der Waals surface area contributed by atoms with Gasteiger partial charge in [0.25, 0.3) is 5.91 Å². The number of carbonyl (C=O) groups excluding carboxylic acids is 2. The van der Waals surface area contributed by atoms with Gasteiger partial charge in [0.2, 0.25) is 5.91 Å². The van der Waals surface area contributed by atoms with E-state index in [-0.39, 0.29) is 43.9 Å². The SMILES string of the molecule is CN(CC(F)(F)F)C(=O)C1(NC(=O)c2ccc(C(F)=CC(c3ccc(Cl)c(Br)c3Br)C(F)(F)F)cc2C(F)(F)F)CC1. The van der Waals surface area contributed by atoms with E-state index in [4.69, 9.17) is 11.6 Å². The van der Waals surface area contributed by atoms with Crippen LogP contribution in [0.2, 0.25) is 5.02 Å². The highest BCUT2D eigenvalue weighted by molar-refractivity contribution is 9.13. The topological polar surface area (TPSA) is 49.4 Å². The van der Waals surface area contributed by atoms with Crippen molar-refractivity contribution in [2.75, 3.05) is 13.6 Å². The van der Waals surface area contributed by atoms with Crippen LogP contribution in [0.5, 0.6) is 0 Å². The van der Waals surface area contributed by atoms with Gasteiger partial charge in [-0.15, -0.1) is 0 Å². The highest BCUT2D eigenvalue weighted by atomic mass is 79.9. The summed E-state index contributed by atoms with van der Waals surface area (Å²) in [5.41, 5.74) is -6.18. The summed E-state index contributed by atoms with van der Waals surface area (Å²) in [6, 6.07) is 3.31. The fourth-order valence-corrected chi connectivity index (χ4v) is 5.24. The van der Waals surface area contributed by atoms with Crippen molar-refractivity contribution in [3.05, 3.63) is 72.6 Å². The molecule has 0 saturated heterocycles. The van der Waals surface area contributed by atoms with Crippen LogP contribution in [0.25, 0.3) is 5.83 Å². The molecule has 1 aliphatic rings. The number of alkyl halides is 9. The smallest absolute Gasteiger partial charge is 0.338 e. The summed E-state index contributed by atoms with van der Waals surface area (Å²) >= 11 is 11.8. The molecule has 0 heterocycles. The summed E-state index contributed by atoms with van der Waals surface area (Å²) in [7, 11) is 0.808. The maximum Gasteiger partial charge on any atom is 0.417 e. The molecule has 2 aromatic carbocycles. The van der Waals surface area contributed by atoms with E-state index < -0.39 is 76.4 Å². The predicted octanol–water partition coefficient (Wildman–Crippen LogP) is 8.82. The number of hydrogen-bond acceptors (Lipinski definition) is 2. The minimum absolute atomic E-state index is 0.0240. The van der Waals surface area contributed by atoms with Crippen LogP contribution in [0.15, 0.2) is 45.4 Å². The average molecular weight is 763 g/mol. The van der Waals surface area contributed by atoms with E-state index in [9.17, 15) is 49.1 Å². The number of amides is 2. The number of nitrogens with one attached hydrogen (secondary N) is 1. The molecule has 42 heavy (non-hydrogen) atoms. The lowest BCUT2D eigenvalue weighted by atomic mass is 9.95. The quantitative estimate of drug-likeness (QED) is 0.227. The second-order valence-electron chi connectivity index (χ2n) is 9.37. The molecule has 1 aliphatic carbocycles. The molecule has 1 unspecified atom stereocenters. The van der Waals surface area contributed by atoms with Crippen LogP contribution < -0.4 is 5.32 Å².